The number of nitrogens with two attached hydrogens (primary N) is 1. The molecule has 0 aliphatic carbocycles. The van der Waals surface area contributed by atoms with E-state index in [4.69, 9.17) is 10.5 Å². The van der Waals surface area contributed by atoms with Gasteiger partial charge in [-0.1, -0.05) is 0 Å². The van der Waals surface area contributed by atoms with E-state index >= 15 is 0 Å². The molecular weight excluding hydrogens is 292 g/mol. The highest BCUT2D eigenvalue weighted by atomic mass is 32.1. The van der Waals surface area contributed by atoms with Crippen molar-refractivity contribution in [2.24, 2.45) is 11.7 Å². The Morgan fingerprint density at radius 2 is 2.05 bits per heavy atom. The molecule has 1 aliphatic rings. The van der Waals surface area contributed by atoms with Gasteiger partial charge in [-0.05, 0) is 72.3 Å². The molecule has 118 valence electrons. The molecule has 0 saturated carbocycles. The molecule has 2 N–H and O–H groups in total. The standard InChI is InChI=1S/C18H24N2OS/c1-2-21-18-5-3-17(4-6-18)20-11-15(10-16(19)12-20)9-14-7-8-22-13-14/h3-8,13,15-16H,2,9-12,19H2,1H3. The topological polar surface area (TPSA) is 38.5 Å². The van der Waals surface area contributed by atoms with Gasteiger partial charge in [0.2, 0.25) is 0 Å². The third-order valence-electron chi connectivity index (χ3n) is 4.19. The first-order valence-electron chi connectivity index (χ1n) is 7.99. The molecule has 1 aromatic carbocycles. The van der Waals surface area contributed by atoms with E-state index < -0.39 is 0 Å². The molecular formula is C18H24N2OS. The van der Waals surface area contributed by atoms with Crippen molar-refractivity contribution in [1.82, 2.24) is 0 Å². The maximum Gasteiger partial charge on any atom is 0.119 e. The summed E-state index contributed by atoms with van der Waals surface area (Å²) in [6, 6.07) is 10.9. The molecule has 1 aliphatic heterocycles. The minimum atomic E-state index is 0.254. The number of rotatable bonds is 5. The lowest BCUT2D eigenvalue weighted by atomic mass is 9.89. The van der Waals surface area contributed by atoms with Gasteiger partial charge in [0.25, 0.3) is 0 Å². The molecule has 22 heavy (non-hydrogen) atoms. The van der Waals surface area contributed by atoms with Crippen LogP contribution in [0.25, 0.3) is 0 Å². The highest BCUT2D eigenvalue weighted by molar-refractivity contribution is 7.07. The molecule has 2 atom stereocenters. The van der Waals surface area contributed by atoms with E-state index in [1.54, 1.807) is 11.3 Å². The van der Waals surface area contributed by atoms with Crippen molar-refractivity contribution in [3.05, 3.63) is 46.7 Å². The van der Waals surface area contributed by atoms with E-state index in [0.29, 0.717) is 12.5 Å². The molecule has 1 saturated heterocycles. The molecule has 3 rings (SSSR count). The third-order valence-corrected chi connectivity index (χ3v) is 4.92. The first kappa shape index (κ1) is 15.4. The summed E-state index contributed by atoms with van der Waals surface area (Å²) in [7, 11) is 0. The van der Waals surface area contributed by atoms with Gasteiger partial charge in [-0.3, -0.25) is 0 Å². The fourth-order valence-electron chi connectivity index (χ4n) is 3.27. The van der Waals surface area contributed by atoms with Crippen molar-refractivity contribution in [3.8, 4) is 5.75 Å². The Bertz CT molecular complexity index is 567. The molecule has 2 unspecified atom stereocenters. The van der Waals surface area contributed by atoms with Crippen molar-refractivity contribution < 1.29 is 4.74 Å². The summed E-state index contributed by atoms with van der Waals surface area (Å²) < 4.78 is 5.52. The number of benzene rings is 1. The summed E-state index contributed by atoms with van der Waals surface area (Å²) in [5.74, 6) is 1.56. The quantitative estimate of drug-likeness (QED) is 0.917. The number of ether oxygens (including phenoxy) is 1. The van der Waals surface area contributed by atoms with E-state index in [0.717, 1.165) is 31.7 Å². The fraction of sp³-hybridized carbons (Fsp3) is 0.444. The SMILES string of the molecule is CCOc1ccc(N2CC(N)CC(Cc3ccsc3)C2)cc1. The zero-order chi connectivity index (χ0) is 15.4. The number of hydrogen-bond acceptors (Lipinski definition) is 4. The first-order chi connectivity index (χ1) is 10.7. The van der Waals surface area contributed by atoms with Gasteiger partial charge in [0.15, 0.2) is 0 Å². The fourth-order valence-corrected chi connectivity index (χ4v) is 3.95. The largest absolute Gasteiger partial charge is 0.494 e. The summed E-state index contributed by atoms with van der Waals surface area (Å²) in [6.45, 7) is 4.73. The maximum atomic E-state index is 6.30. The van der Waals surface area contributed by atoms with Crippen LogP contribution in [0.3, 0.4) is 0 Å². The molecule has 0 bridgehead atoms. The van der Waals surface area contributed by atoms with E-state index in [1.165, 1.54) is 11.3 Å². The van der Waals surface area contributed by atoms with Crippen LogP contribution in [0.4, 0.5) is 5.69 Å². The molecule has 3 nitrogen and oxygen atoms in total. The average Bonchev–Trinajstić information content (AvgIpc) is 3.01. The van der Waals surface area contributed by atoms with E-state index in [1.807, 2.05) is 19.1 Å². The predicted octanol–water partition coefficient (Wildman–Crippen LogP) is 3.54. The summed E-state index contributed by atoms with van der Waals surface area (Å²) >= 11 is 1.77. The highest BCUT2D eigenvalue weighted by Crippen LogP contribution is 2.27. The van der Waals surface area contributed by atoms with Crippen LogP contribution in [0.2, 0.25) is 0 Å². The van der Waals surface area contributed by atoms with Crippen LogP contribution in [-0.4, -0.2) is 25.7 Å². The van der Waals surface area contributed by atoms with Gasteiger partial charge >= 0.3 is 0 Å². The van der Waals surface area contributed by atoms with Crippen LogP contribution in [-0.2, 0) is 6.42 Å². The average molecular weight is 316 g/mol. The molecule has 2 aromatic rings. The normalized spacial score (nSPS) is 21.8. The number of hydrogen-bond donors (Lipinski definition) is 1. The third kappa shape index (κ3) is 3.81. The number of thiophene rings is 1. The van der Waals surface area contributed by atoms with Gasteiger partial charge < -0.3 is 15.4 Å². The molecule has 0 amide bonds. The van der Waals surface area contributed by atoms with Gasteiger partial charge in [0.1, 0.15) is 5.75 Å². The molecule has 4 heteroatoms. The molecule has 1 fully saturated rings. The second kappa shape index (κ2) is 7.16. The first-order valence-corrected chi connectivity index (χ1v) is 8.93. The van der Waals surface area contributed by atoms with Crippen molar-refractivity contribution in [1.29, 1.82) is 0 Å². The molecule has 2 heterocycles. The zero-order valence-electron chi connectivity index (χ0n) is 13.1. The van der Waals surface area contributed by atoms with Gasteiger partial charge in [-0.2, -0.15) is 11.3 Å². The Hall–Kier alpha value is -1.52. The minimum absolute atomic E-state index is 0.254. The maximum absolute atomic E-state index is 6.30. The summed E-state index contributed by atoms with van der Waals surface area (Å²) in [5.41, 5.74) is 8.98. The lowest BCUT2D eigenvalue weighted by molar-refractivity contribution is 0.340. The second-order valence-electron chi connectivity index (χ2n) is 6.03. The highest BCUT2D eigenvalue weighted by Gasteiger charge is 2.25. The Balaban J connectivity index is 1.67. The van der Waals surface area contributed by atoms with E-state index in [-0.39, 0.29) is 6.04 Å². The number of nitrogens with zero attached hydrogens (tertiary/aromatic N) is 1. The van der Waals surface area contributed by atoms with Crippen LogP contribution < -0.4 is 15.4 Å². The lowest BCUT2D eigenvalue weighted by Gasteiger charge is -2.38. The Morgan fingerprint density at radius 1 is 1.23 bits per heavy atom. The Kier molecular flexibility index (Phi) is 5.01. The molecule has 0 radical (unpaired) electrons. The second-order valence-corrected chi connectivity index (χ2v) is 6.81. The van der Waals surface area contributed by atoms with Crippen molar-refractivity contribution in [2.75, 3.05) is 24.6 Å². The molecule has 1 aromatic heterocycles. The van der Waals surface area contributed by atoms with Crippen LogP contribution >= 0.6 is 11.3 Å². The van der Waals surface area contributed by atoms with Crippen molar-refractivity contribution >= 4 is 17.0 Å². The van der Waals surface area contributed by atoms with Crippen molar-refractivity contribution in [2.45, 2.75) is 25.8 Å². The van der Waals surface area contributed by atoms with Gasteiger partial charge in [-0.25, -0.2) is 0 Å². The van der Waals surface area contributed by atoms with Crippen molar-refractivity contribution in [3.63, 3.8) is 0 Å². The number of piperidine rings is 1. The summed E-state index contributed by atoms with van der Waals surface area (Å²) in [5, 5.41) is 4.41. The van der Waals surface area contributed by atoms with E-state index in [2.05, 4.69) is 33.9 Å². The zero-order valence-corrected chi connectivity index (χ0v) is 13.9. The lowest BCUT2D eigenvalue weighted by Crippen LogP contribution is -2.47. The van der Waals surface area contributed by atoms with Crippen LogP contribution in [0, 0.1) is 5.92 Å². The monoisotopic (exact) mass is 316 g/mol. The molecule has 0 spiro atoms. The summed E-state index contributed by atoms with van der Waals surface area (Å²) in [4.78, 5) is 2.42. The summed E-state index contributed by atoms with van der Waals surface area (Å²) in [6.07, 6.45) is 2.24. The van der Waals surface area contributed by atoms with Gasteiger partial charge in [-0.15, -0.1) is 0 Å². The smallest absolute Gasteiger partial charge is 0.119 e. The van der Waals surface area contributed by atoms with Gasteiger partial charge in [0.05, 0.1) is 6.61 Å². The Labute approximate surface area is 136 Å². The van der Waals surface area contributed by atoms with Crippen LogP contribution in [0.5, 0.6) is 5.75 Å². The van der Waals surface area contributed by atoms with Crippen LogP contribution in [0.15, 0.2) is 41.1 Å². The van der Waals surface area contributed by atoms with E-state index in [9.17, 15) is 0 Å². The Morgan fingerprint density at radius 3 is 2.73 bits per heavy atom. The van der Waals surface area contributed by atoms with Gasteiger partial charge in [0, 0.05) is 24.8 Å². The number of anilines is 1. The minimum Gasteiger partial charge on any atom is -0.494 e. The van der Waals surface area contributed by atoms with Crippen LogP contribution in [0.1, 0.15) is 18.9 Å². The predicted molar refractivity (Wildman–Crippen MR) is 93.9 cm³/mol.